The SMILES string of the molecule is CCCC[C](CCCC)(CCCC)[Sn][c]1ccn(-c2ccccc2)n1. The molecule has 1 heterocycles. The number of nitrogens with zero attached hydrogens (tertiary/aromatic N) is 2. The van der Waals surface area contributed by atoms with Crippen LogP contribution >= 0.6 is 0 Å². The van der Waals surface area contributed by atoms with Gasteiger partial charge in [-0.05, 0) is 0 Å². The van der Waals surface area contributed by atoms with Crippen LogP contribution in [0.15, 0.2) is 42.6 Å². The Bertz CT molecular complexity index is 569. The van der Waals surface area contributed by atoms with Crippen LogP contribution in [0.4, 0.5) is 0 Å². The molecule has 0 N–H and O–H groups in total. The van der Waals surface area contributed by atoms with Gasteiger partial charge in [-0.1, -0.05) is 0 Å². The topological polar surface area (TPSA) is 17.8 Å². The third kappa shape index (κ3) is 6.47. The van der Waals surface area contributed by atoms with Crippen LogP contribution in [0.5, 0.6) is 0 Å². The zero-order valence-corrected chi connectivity index (χ0v) is 19.2. The summed E-state index contributed by atoms with van der Waals surface area (Å²) in [7, 11) is 0. The van der Waals surface area contributed by atoms with Crippen LogP contribution in [-0.4, -0.2) is 30.9 Å². The van der Waals surface area contributed by atoms with Crippen molar-refractivity contribution in [1.82, 2.24) is 9.78 Å². The molecule has 0 atom stereocenters. The van der Waals surface area contributed by atoms with Crippen molar-refractivity contribution < 1.29 is 0 Å². The molecule has 0 aliphatic carbocycles. The van der Waals surface area contributed by atoms with E-state index in [1.807, 2.05) is 0 Å². The van der Waals surface area contributed by atoms with E-state index in [1.54, 1.807) is 0 Å². The maximum absolute atomic E-state index is 4.98. The van der Waals surface area contributed by atoms with Crippen LogP contribution in [-0.2, 0) is 0 Å². The van der Waals surface area contributed by atoms with Gasteiger partial charge in [0.1, 0.15) is 0 Å². The second kappa shape index (κ2) is 11.1. The molecule has 0 aliphatic heterocycles. The second-order valence-electron chi connectivity index (χ2n) is 7.20. The summed E-state index contributed by atoms with van der Waals surface area (Å²) < 4.78 is 4.11. The molecule has 0 saturated carbocycles. The Morgan fingerprint density at radius 3 is 1.92 bits per heavy atom. The van der Waals surface area contributed by atoms with Gasteiger partial charge in [0.25, 0.3) is 0 Å². The van der Waals surface area contributed by atoms with Crippen molar-refractivity contribution >= 4 is 24.9 Å². The molecule has 3 heteroatoms. The number of hydrogen-bond donors (Lipinski definition) is 0. The van der Waals surface area contributed by atoms with Crippen molar-refractivity contribution in [3.63, 3.8) is 0 Å². The van der Waals surface area contributed by atoms with E-state index in [2.05, 4.69) is 68.0 Å². The molecule has 0 aliphatic rings. The van der Waals surface area contributed by atoms with Gasteiger partial charge in [0.05, 0.1) is 0 Å². The normalized spacial score (nSPS) is 11.8. The molecular formula is C22H34N2Sn. The number of benzene rings is 1. The van der Waals surface area contributed by atoms with Gasteiger partial charge in [-0.15, -0.1) is 0 Å². The first-order valence-electron chi connectivity index (χ1n) is 10.1. The van der Waals surface area contributed by atoms with Gasteiger partial charge >= 0.3 is 165 Å². The minimum atomic E-state index is -0.720. The standard InChI is InChI=1S/C13H27.C9H7N2.Sn/c1-4-7-10-13(11-8-5-2)12-9-6-3;1-2-5-9(6-3-1)11-8-4-7-10-11;/h4-12H2,1-3H3;1-6,8H;. The van der Waals surface area contributed by atoms with Gasteiger partial charge in [0, 0.05) is 0 Å². The van der Waals surface area contributed by atoms with E-state index < -0.39 is 21.1 Å². The summed E-state index contributed by atoms with van der Waals surface area (Å²) in [5.74, 6) is 0. The molecule has 1 aromatic heterocycles. The first-order valence-corrected chi connectivity index (χ1v) is 13.0. The quantitative estimate of drug-likeness (QED) is 0.371. The summed E-state index contributed by atoms with van der Waals surface area (Å²) in [5, 5.41) is 4.98. The Kier molecular flexibility index (Phi) is 9.08. The van der Waals surface area contributed by atoms with Crippen molar-refractivity contribution in [3.8, 4) is 5.69 Å². The summed E-state index contributed by atoms with van der Waals surface area (Å²) in [6.45, 7) is 7.00. The van der Waals surface area contributed by atoms with Crippen LogP contribution in [0.2, 0.25) is 3.43 Å². The summed E-state index contributed by atoms with van der Waals surface area (Å²) in [6.07, 6.45) is 14.5. The van der Waals surface area contributed by atoms with Crippen molar-refractivity contribution in [2.45, 2.75) is 82.0 Å². The van der Waals surface area contributed by atoms with Gasteiger partial charge in [-0.25, -0.2) is 0 Å². The molecular weight excluding hydrogens is 411 g/mol. The second-order valence-corrected chi connectivity index (χ2v) is 12.4. The molecule has 0 fully saturated rings. The molecule has 0 amide bonds. The molecule has 0 saturated heterocycles. The van der Waals surface area contributed by atoms with Gasteiger partial charge in [0.2, 0.25) is 0 Å². The Morgan fingerprint density at radius 1 is 0.840 bits per heavy atom. The van der Waals surface area contributed by atoms with Crippen molar-refractivity contribution in [2.24, 2.45) is 0 Å². The van der Waals surface area contributed by atoms with Crippen molar-refractivity contribution in [2.75, 3.05) is 0 Å². The molecule has 0 unspecified atom stereocenters. The number of hydrogen-bond acceptors (Lipinski definition) is 1. The summed E-state index contributed by atoms with van der Waals surface area (Å²) in [6, 6.07) is 12.8. The van der Waals surface area contributed by atoms with Crippen molar-refractivity contribution in [1.29, 1.82) is 0 Å². The van der Waals surface area contributed by atoms with Crippen LogP contribution in [0.25, 0.3) is 5.69 Å². The molecule has 2 nitrogen and oxygen atoms in total. The van der Waals surface area contributed by atoms with Crippen LogP contribution in [0.1, 0.15) is 78.6 Å². The van der Waals surface area contributed by atoms with E-state index in [0.29, 0.717) is 3.43 Å². The van der Waals surface area contributed by atoms with Gasteiger partial charge < -0.3 is 0 Å². The Balaban J connectivity index is 2.17. The van der Waals surface area contributed by atoms with E-state index >= 15 is 0 Å². The van der Waals surface area contributed by atoms with E-state index in [-0.39, 0.29) is 0 Å². The molecule has 136 valence electrons. The first-order chi connectivity index (χ1) is 12.2. The summed E-state index contributed by atoms with van der Waals surface area (Å²) in [4.78, 5) is 0. The fourth-order valence-corrected chi connectivity index (χ4v) is 8.53. The average molecular weight is 445 g/mol. The first kappa shape index (κ1) is 20.5. The predicted octanol–water partition coefficient (Wildman–Crippen LogP) is 5.93. The molecule has 2 radical (unpaired) electrons. The van der Waals surface area contributed by atoms with E-state index in [0.717, 1.165) is 0 Å². The third-order valence-electron chi connectivity index (χ3n) is 5.03. The Labute approximate surface area is 164 Å². The molecule has 2 rings (SSSR count). The third-order valence-corrected chi connectivity index (χ3v) is 10.2. The fourth-order valence-electron chi connectivity index (χ4n) is 3.49. The zero-order valence-electron chi connectivity index (χ0n) is 16.3. The van der Waals surface area contributed by atoms with Gasteiger partial charge in [-0.3, -0.25) is 0 Å². The van der Waals surface area contributed by atoms with Crippen LogP contribution in [0.3, 0.4) is 0 Å². The summed E-state index contributed by atoms with van der Waals surface area (Å²) in [5.41, 5.74) is 1.18. The van der Waals surface area contributed by atoms with E-state index in [4.69, 9.17) is 5.10 Å². The van der Waals surface area contributed by atoms with E-state index in [9.17, 15) is 0 Å². The number of rotatable bonds is 12. The Morgan fingerprint density at radius 2 is 1.40 bits per heavy atom. The fraction of sp³-hybridized carbons (Fsp3) is 0.591. The Hall–Kier alpha value is -0.771. The monoisotopic (exact) mass is 446 g/mol. The molecule has 25 heavy (non-hydrogen) atoms. The van der Waals surface area contributed by atoms with Gasteiger partial charge in [-0.2, -0.15) is 0 Å². The predicted molar refractivity (Wildman–Crippen MR) is 110 cm³/mol. The molecule has 0 bridgehead atoms. The number of unbranched alkanes of at least 4 members (excludes halogenated alkanes) is 3. The zero-order chi connectivity index (χ0) is 18.0. The molecule has 1 aromatic carbocycles. The number of para-hydroxylation sites is 1. The molecule has 0 spiro atoms. The van der Waals surface area contributed by atoms with Crippen LogP contribution in [0, 0.1) is 0 Å². The number of aromatic nitrogens is 2. The minimum absolute atomic E-state index is 0.612. The van der Waals surface area contributed by atoms with E-state index in [1.165, 1.54) is 67.2 Å². The van der Waals surface area contributed by atoms with Crippen LogP contribution < -0.4 is 3.71 Å². The van der Waals surface area contributed by atoms with Crippen molar-refractivity contribution in [3.05, 3.63) is 42.6 Å². The molecule has 2 aromatic rings. The van der Waals surface area contributed by atoms with Gasteiger partial charge in [0.15, 0.2) is 0 Å². The average Bonchev–Trinajstić information content (AvgIpc) is 3.12. The maximum atomic E-state index is 4.98. The summed E-state index contributed by atoms with van der Waals surface area (Å²) >= 11 is -0.720.